The van der Waals surface area contributed by atoms with Crippen LogP contribution in [0.5, 0.6) is 0 Å². The molecule has 1 aliphatic carbocycles. The predicted molar refractivity (Wildman–Crippen MR) is 81.6 cm³/mol. The van der Waals surface area contributed by atoms with Gasteiger partial charge < -0.3 is 9.73 Å². The lowest BCUT2D eigenvalue weighted by Crippen LogP contribution is -2.32. The summed E-state index contributed by atoms with van der Waals surface area (Å²) >= 11 is 6.81. The zero-order valence-electron chi connectivity index (χ0n) is 10.8. The lowest BCUT2D eigenvalue weighted by Gasteiger charge is -2.23. The molecule has 4 heteroatoms. The van der Waals surface area contributed by atoms with Crippen molar-refractivity contribution in [1.82, 2.24) is 5.32 Å². The second-order valence-corrected chi connectivity index (χ2v) is 6.83. The molecule has 0 aromatic carbocycles. The molecule has 2 rings (SSSR count). The van der Waals surface area contributed by atoms with Crippen LogP contribution in [0, 0.1) is 5.92 Å². The molecular weight excluding hydrogens is 358 g/mol. The molecule has 1 atom stereocenters. The molecule has 1 N–H and O–H groups in total. The van der Waals surface area contributed by atoms with Crippen molar-refractivity contribution in [2.75, 3.05) is 0 Å². The van der Waals surface area contributed by atoms with E-state index in [0.717, 1.165) is 27.4 Å². The van der Waals surface area contributed by atoms with Crippen LogP contribution in [-0.4, -0.2) is 6.04 Å². The van der Waals surface area contributed by atoms with E-state index < -0.39 is 0 Å². The third-order valence-corrected chi connectivity index (χ3v) is 5.61. The highest BCUT2D eigenvalue weighted by atomic mass is 79.9. The molecule has 1 aromatic heterocycles. The smallest absolute Gasteiger partial charge is 0.183 e. The van der Waals surface area contributed by atoms with E-state index in [4.69, 9.17) is 4.42 Å². The van der Waals surface area contributed by atoms with Gasteiger partial charge >= 0.3 is 0 Å². The quantitative estimate of drug-likeness (QED) is 0.723. The summed E-state index contributed by atoms with van der Waals surface area (Å²) in [4.78, 5) is 0. The largest absolute Gasteiger partial charge is 0.452 e. The average molecular weight is 379 g/mol. The molecule has 0 saturated heterocycles. The van der Waals surface area contributed by atoms with Gasteiger partial charge in [0.15, 0.2) is 4.67 Å². The number of hydrogen-bond acceptors (Lipinski definition) is 2. The first-order chi connectivity index (χ1) is 8.66. The maximum absolute atomic E-state index is 5.58. The molecule has 18 heavy (non-hydrogen) atoms. The SMILES string of the molecule is C[C@H](NCc1cc(Br)c(Br)o1)C1CCCCCC1. The van der Waals surface area contributed by atoms with Gasteiger partial charge in [-0.15, -0.1) is 0 Å². The Labute approximate surface area is 126 Å². The van der Waals surface area contributed by atoms with Crippen LogP contribution < -0.4 is 5.32 Å². The fraction of sp³-hybridized carbons (Fsp3) is 0.714. The van der Waals surface area contributed by atoms with Crippen molar-refractivity contribution in [3.63, 3.8) is 0 Å². The van der Waals surface area contributed by atoms with Crippen LogP contribution in [0.3, 0.4) is 0 Å². The minimum atomic E-state index is 0.575. The van der Waals surface area contributed by atoms with Crippen LogP contribution >= 0.6 is 31.9 Å². The Bertz CT molecular complexity index is 350. The Morgan fingerprint density at radius 2 is 1.94 bits per heavy atom. The monoisotopic (exact) mass is 377 g/mol. The summed E-state index contributed by atoms with van der Waals surface area (Å²) in [5.74, 6) is 1.81. The highest BCUT2D eigenvalue weighted by Gasteiger charge is 2.19. The van der Waals surface area contributed by atoms with Crippen molar-refractivity contribution < 1.29 is 4.42 Å². The number of furan rings is 1. The average Bonchev–Trinajstić information content (AvgIpc) is 2.60. The first kappa shape index (κ1) is 14.6. The van der Waals surface area contributed by atoms with E-state index in [-0.39, 0.29) is 0 Å². The van der Waals surface area contributed by atoms with Crippen molar-refractivity contribution in [1.29, 1.82) is 0 Å². The van der Waals surface area contributed by atoms with E-state index in [9.17, 15) is 0 Å². The Kier molecular flexibility index (Phi) is 5.77. The van der Waals surface area contributed by atoms with E-state index in [0.29, 0.717) is 6.04 Å². The summed E-state index contributed by atoms with van der Waals surface area (Å²) in [5, 5.41) is 3.60. The molecular formula is C14H21Br2NO. The maximum atomic E-state index is 5.58. The fourth-order valence-corrected chi connectivity index (χ4v) is 3.38. The van der Waals surface area contributed by atoms with E-state index in [1.807, 2.05) is 6.07 Å². The molecule has 1 fully saturated rings. The van der Waals surface area contributed by atoms with Crippen molar-refractivity contribution in [2.24, 2.45) is 5.92 Å². The zero-order valence-corrected chi connectivity index (χ0v) is 14.0. The molecule has 0 unspecified atom stereocenters. The van der Waals surface area contributed by atoms with Crippen LogP contribution in [0.2, 0.25) is 0 Å². The molecule has 102 valence electrons. The number of halogens is 2. The van der Waals surface area contributed by atoms with E-state index >= 15 is 0 Å². The number of rotatable bonds is 4. The third-order valence-electron chi connectivity index (χ3n) is 3.90. The Morgan fingerprint density at radius 3 is 2.50 bits per heavy atom. The topological polar surface area (TPSA) is 25.2 Å². The molecule has 2 nitrogen and oxygen atoms in total. The second-order valence-electron chi connectivity index (χ2n) is 5.26. The van der Waals surface area contributed by atoms with Gasteiger partial charge in [-0.1, -0.05) is 25.7 Å². The first-order valence-corrected chi connectivity index (χ1v) is 8.42. The molecule has 1 aromatic rings. The second kappa shape index (κ2) is 7.11. The van der Waals surface area contributed by atoms with Gasteiger partial charge in [0.25, 0.3) is 0 Å². The lowest BCUT2D eigenvalue weighted by atomic mass is 9.93. The minimum Gasteiger partial charge on any atom is -0.452 e. The van der Waals surface area contributed by atoms with E-state index in [1.54, 1.807) is 0 Å². The van der Waals surface area contributed by atoms with Gasteiger partial charge in [-0.2, -0.15) is 0 Å². The van der Waals surface area contributed by atoms with Crippen molar-refractivity contribution >= 4 is 31.9 Å². The Hall–Kier alpha value is 0.200. The molecule has 0 aliphatic heterocycles. The van der Waals surface area contributed by atoms with Gasteiger partial charge in [0.05, 0.1) is 11.0 Å². The van der Waals surface area contributed by atoms with E-state index in [2.05, 4.69) is 44.1 Å². The molecule has 0 amide bonds. The van der Waals surface area contributed by atoms with E-state index in [1.165, 1.54) is 38.5 Å². The minimum absolute atomic E-state index is 0.575. The zero-order chi connectivity index (χ0) is 13.0. The van der Waals surface area contributed by atoms with Crippen LogP contribution in [0.1, 0.15) is 51.2 Å². The normalized spacial score (nSPS) is 19.7. The van der Waals surface area contributed by atoms with Gasteiger partial charge in [-0.05, 0) is 63.6 Å². The molecule has 0 bridgehead atoms. The van der Waals surface area contributed by atoms with Crippen LogP contribution in [0.25, 0.3) is 0 Å². The molecule has 1 heterocycles. The number of nitrogens with one attached hydrogen (secondary N) is 1. The molecule has 1 saturated carbocycles. The molecule has 0 spiro atoms. The predicted octanol–water partition coefficient (Wildman–Crippen LogP) is 5.25. The highest BCUT2D eigenvalue weighted by Crippen LogP contribution is 2.28. The first-order valence-electron chi connectivity index (χ1n) is 6.84. The summed E-state index contributed by atoms with van der Waals surface area (Å²) in [6, 6.07) is 2.60. The van der Waals surface area contributed by atoms with Crippen molar-refractivity contribution in [3.05, 3.63) is 21.0 Å². The van der Waals surface area contributed by atoms with Gasteiger partial charge in [0, 0.05) is 6.04 Å². The standard InChI is InChI=1S/C14H21Br2NO/c1-10(11-6-4-2-3-5-7-11)17-9-12-8-13(15)14(16)18-12/h8,10-11,17H,2-7,9H2,1H3/t10-/m0/s1. The van der Waals surface area contributed by atoms with Gasteiger partial charge in [0.1, 0.15) is 5.76 Å². The van der Waals surface area contributed by atoms with Gasteiger partial charge in [0.2, 0.25) is 0 Å². The van der Waals surface area contributed by atoms with Crippen LogP contribution in [-0.2, 0) is 6.54 Å². The summed E-state index contributed by atoms with van der Waals surface area (Å²) < 4.78 is 7.35. The Balaban J connectivity index is 1.81. The van der Waals surface area contributed by atoms with Crippen LogP contribution in [0.4, 0.5) is 0 Å². The Morgan fingerprint density at radius 1 is 1.28 bits per heavy atom. The van der Waals surface area contributed by atoms with Gasteiger partial charge in [-0.25, -0.2) is 0 Å². The highest BCUT2D eigenvalue weighted by molar-refractivity contribution is 9.13. The summed E-state index contributed by atoms with van der Waals surface area (Å²) in [7, 11) is 0. The summed E-state index contributed by atoms with van der Waals surface area (Å²) in [6.07, 6.45) is 8.38. The third kappa shape index (κ3) is 4.10. The van der Waals surface area contributed by atoms with Crippen molar-refractivity contribution in [2.45, 2.75) is 58.0 Å². The van der Waals surface area contributed by atoms with Crippen LogP contribution in [0.15, 0.2) is 19.6 Å². The maximum Gasteiger partial charge on any atom is 0.183 e. The molecule has 1 aliphatic rings. The molecule has 0 radical (unpaired) electrons. The van der Waals surface area contributed by atoms with Gasteiger partial charge in [-0.3, -0.25) is 0 Å². The summed E-state index contributed by atoms with van der Waals surface area (Å²) in [5.41, 5.74) is 0. The summed E-state index contributed by atoms with van der Waals surface area (Å²) in [6.45, 7) is 3.12. The van der Waals surface area contributed by atoms with Crippen molar-refractivity contribution in [3.8, 4) is 0 Å². The number of hydrogen-bond donors (Lipinski definition) is 1. The fourth-order valence-electron chi connectivity index (χ4n) is 2.72. The lowest BCUT2D eigenvalue weighted by molar-refractivity contribution is 0.325.